The number of carbonyl (C=O) groups is 1. The Morgan fingerprint density at radius 1 is 0.903 bits per heavy atom. The molecule has 0 saturated carbocycles. The highest BCUT2D eigenvalue weighted by atomic mass is 16.1. The van der Waals surface area contributed by atoms with Crippen molar-refractivity contribution in [2.75, 3.05) is 36.4 Å². The SMILES string of the molecule is O=C(Nc1cccc(-c2ncnc3ccccc23)c1)c1ccc(N2CCNCC2)cc1. The van der Waals surface area contributed by atoms with Gasteiger partial charge in [-0.3, -0.25) is 4.79 Å². The fraction of sp³-hybridized carbons (Fsp3) is 0.160. The van der Waals surface area contributed by atoms with Gasteiger partial charge >= 0.3 is 0 Å². The molecule has 5 rings (SSSR count). The maximum Gasteiger partial charge on any atom is 0.255 e. The van der Waals surface area contributed by atoms with Crippen molar-refractivity contribution in [1.29, 1.82) is 0 Å². The first-order chi connectivity index (χ1) is 15.3. The molecule has 0 atom stereocenters. The zero-order valence-electron chi connectivity index (χ0n) is 17.1. The summed E-state index contributed by atoms with van der Waals surface area (Å²) < 4.78 is 0. The van der Waals surface area contributed by atoms with Gasteiger partial charge < -0.3 is 15.5 Å². The standard InChI is InChI=1S/C25H23N5O/c31-25(18-8-10-21(11-9-18)30-14-12-26-13-15-30)29-20-5-3-4-19(16-20)24-22-6-1-2-7-23(22)27-17-28-24/h1-11,16-17,26H,12-15H2,(H,29,31). The predicted molar refractivity (Wildman–Crippen MR) is 124 cm³/mol. The lowest BCUT2D eigenvalue weighted by Crippen LogP contribution is -2.43. The lowest BCUT2D eigenvalue weighted by atomic mass is 10.1. The number of fused-ring (bicyclic) bond motifs is 1. The van der Waals surface area contributed by atoms with E-state index in [2.05, 4.69) is 25.5 Å². The summed E-state index contributed by atoms with van der Waals surface area (Å²) in [6.45, 7) is 3.94. The van der Waals surface area contributed by atoms with E-state index in [1.165, 1.54) is 0 Å². The monoisotopic (exact) mass is 409 g/mol. The number of anilines is 2. The van der Waals surface area contributed by atoms with Gasteiger partial charge in [-0.2, -0.15) is 0 Å². The van der Waals surface area contributed by atoms with Crippen molar-refractivity contribution in [2.24, 2.45) is 0 Å². The molecule has 0 unspecified atom stereocenters. The Labute approximate surface area is 181 Å². The number of nitrogens with one attached hydrogen (secondary N) is 2. The van der Waals surface area contributed by atoms with E-state index in [0.717, 1.165) is 59.7 Å². The fourth-order valence-corrected chi connectivity index (χ4v) is 3.93. The number of hydrogen-bond acceptors (Lipinski definition) is 5. The van der Waals surface area contributed by atoms with Gasteiger partial charge in [-0.25, -0.2) is 9.97 Å². The van der Waals surface area contributed by atoms with Crippen molar-refractivity contribution in [3.05, 3.63) is 84.7 Å². The van der Waals surface area contributed by atoms with Crippen LogP contribution in [0, 0.1) is 0 Å². The van der Waals surface area contributed by atoms with E-state index < -0.39 is 0 Å². The summed E-state index contributed by atoms with van der Waals surface area (Å²) in [5.74, 6) is -0.128. The molecule has 1 saturated heterocycles. The summed E-state index contributed by atoms with van der Waals surface area (Å²) in [4.78, 5) is 23.9. The molecule has 0 bridgehead atoms. The number of amides is 1. The number of aromatic nitrogens is 2. The summed E-state index contributed by atoms with van der Waals surface area (Å²) >= 11 is 0. The maximum absolute atomic E-state index is 12.8. The average molecular weight is 409 g/mol. The van der Waals surface area contributed by atoms with Crippen molar-refractivity contribution in [3.63, 3.8) is 0 Å². The van der Waals surface area contributed by atoms with Crippen LogP contribution in [0.4, 0.5) is 11.4 Å². The Bertz CT molecular complexity index is 1210. The molecule has 3 aromatic carbocycles. The van der Waals surface area contributed by atoms with Crippen LogP contribution in [0.5, 0.6) is 0 Å². The highest BCUT2D eigenvalue weighted by Crippen LogP contribution is 2.27. The molecule has 6 heteroatoms. The van der Waals surface area contributed by atoms with Crippen LogP contribution in [0.1, 0.15) is 10.4 Å². The molecular formula is C25H23N5O. The molecule has 0 spiro atoms. The van der Waals surface area contributed by atoms with Crippen LogP contribution in [0.2, 0.25) is 0 Å². The Hall–Kier alpha value is -3.77. The molecule has 0 radical (unpaired) electrons. The largest absolute Gasteiger partial charge is 0.369 e. The van der Waals surface area contributed by atoms with E-state index in [9.17, 15) is 4.79 Å². The minimum absolute atomic E-state index is 0.128. The van der Waals surface area contributed by atoms with Crippen molar-refractivity contribution in [1.82, 2.24) is 15.3 Å². The topological polar surface area (TPSA) is 70.2 Å². The van der Waals surface area contributed by atoms with Gasteiger partial charge in [0.1, 0.15) is 6.33 Å². The van der Waals surface area contributed by atoms with Crippen molar-refractivity contribution < 1.29 is 4.79 Å². The van der Waals surface area contributed by atoms with Crippen LogP contribution in [0.15, 0.2) is 79.1 Å². The molecule has 0 aliphatic carbocycles. The second-order valence-corrected chi connectivity index (χ2v) is 7.56. The third kappa shape index (κ3) is 4.11. The summed E-state index contributed by atoms with van der Waals surface area (Å²) in [7, 11) is 0. The maximum atomic E-state index is 12.8. The quantitative estimate of drug-likeness (QED) is 0.534. The molecule has 1 aliphatic rings. The van der Waals surface area contributed by atoms with E-state index in [1.54, 1.807) is 6.33 Å². The summed E-state index contributed by atoms with van der Waals surface area (Å²) in [5.41, 5.74) is 5.20. The molecule has 4 aromatic rings. The predicted octanol–water partition coefficient (Wildman–Crippen LogP) is 3.96. The molecule has 2 heterocycles. The lowest BCUT2D eigenvalue weighted by Gasteiger charge is -2.29. The van der Waals surface area contributed by atoms with E-state index in [1.807, 2.05) is 72.8 Å². The van der Waals surface area contributed by atoms with Gasteiger partial charge in [0.2, 0.25) is 0 Å². The average Bonchev–Trinajstić information content (AvgIpc) is 2.84. The van der Waals surface area contributed by atoms with Gasteiger partial charge in [0.05, 0.1) is 11.2 Å². The summed E-state index contributed by atoms with van der Waals surface area (Å²) in [5, 5.41) is 7.35. The van der Waals surface area contributed by atoms with E-state index in [-0.39, 0.29) is 5.91 Å². The minimum Gasteiger partial charge on any atom is -0.369 e. The smallest absolute Gasteiger partial charge is 0.255 e. The van der Waals surface area contributed by atoms with Crippen LogP contribution in [0.3, 0.4) is 0 Å². The molecule has 1 fully saturated rings. The van der Waals surface area contributed by atoms with Gasteiger partial charge in [-0.15, -0.1) is 0 Å². The summed E-state index contributed by atoms with van der Waals surface area (Å²) in [6.07, 6.45) is 1.57. The van der Waals surface area contributed by atoms with Crippen LogP contribution in [-0.2, 0) is 0 Å². The molecule has 1 aromatic heterocycles. The number of para-hydroxylation sites is 1. The molecular weight excluding hydrogens is 386 g/mol. The number of hydrogen-bond donors (Lipinski definition) is 2. The Morgan fingerprint density at radius 3 is 2.55 bits per heavy atom. The fourth-order valence-electron chi connectivity index (χ4n) is 3.93. The Morgan fingerprint density at radius 2 is 1.71 bits per heavy atom. The number of benzene rings is 3. The van der Waals surface area contributed by atoms with Gasteiger partial charge in [0, 0.05) is 54.1 Å². The molecule has 2 N–H and O–H groups in total. The van der Waals surface area contributed by atoms with Crippen LogP contribution < -0.4 is 15.5 Å². The first-order valence-electron chi connectivity index (χ1n) is 10.5. The number of carbonyl (C=O) groups excluding carboxylic acids is 1. The van der Waals surface area contributed by atoms with Gasteiger partial charge in [-0.1, -0.05) is 30.3 Å². The Balaban J connectivity index is 1.35. The molecule has 1 amide bonds. The molecule has 31 heavy (non-hydrogen) atoms. The van der Waals surface area contributed by atoms with Crippen molar-refractivity contribution >= 4 is 28.2 Å². The van der Waals surface area contributed by atoms with Gasteiger partial charge in [0.15, 0.2) is 0 Å². The second kappa shape index (κ2) is 8.53. The highest BCUT2D eigenvalue weighted by molar-refractivity contribution is 6.05. The van der Waals surface area contributed by atoms with Crippen LogP contribution in [-0.4, -0.2) is 42.1 Å². The zero-order chi connectivity index (χ0) is 21.0. The van der Waals surface area contributed by atoms with Gasteiger partial charge in [-0.05, 0) is 42.5 Å². The first kappa shape index (κ1) is 19.2. The van der Waals surface area contributed by atoms with E-state index in [4.69, 9.17) is 0 Å². The number of piperazine rings is 1. The van der Waals surface area contributed by atoms with E-state index >= 15 is 0 Å². The van der Waals surface area contributed by atoms with Crippen molar-refractivity contribution in [2.45, 2.75) is 0 Å². The second-order valence-electron chi connectivity index (χ2n) is 7.56. The zero-order valence-corrected chi connectivity index (χ0v) is 17.1. The molecule has 6 nitrogen and oxygen atoms in total. The Kier molecular flexibility index (Phi) is 5.29. The highest BCUT2D eigenvalue weighted by Gasteiger charge is 2.12. The first-order valence-corrected chi connectivity index (χ1v) is 10.5. The van der Waals surface area contributed by atoms with Crippen molar-refractivity contribution in [3.8, 4) is 11.3 Å². The van der Waals surface area contributed by atoms with Crippen LogP contribution in [0.25, 0.3) is 22.2 Å². The number of rotatable bonds is 4. The number of nitrogens with zero attached hydrogens (tertiary/aromatic N) is 3. The third-order valence-electron chi connectivity index (χ3n) is 5.55. The van der Waals surface area contributed by atoms with E-state index in [0.29, 0.717) is 5.56 Å². The minimum atomic E-state index is -0.128. The summed E-state index contributed by atoms with van der Waals surface area (Å²) in [6, 6.07) is 23.5. The van der Waals surface area contributed by atoms with Crippen LogP contribution >= 0.6 is 0 Å². The lowest BCUT2D eigenvalue weighted by molar-refractivity contribution is 0.102. The molecule has 1 aliphatic heterocycles. The third-order valence-corrected chi connectivity index (χ3v) is 5.55. The normalized spacial score (nSPS) is 13.9. The van der Waals surface area contributed by atoms with Gasteiger partial charge in [0.25, 0.3) is 5.91 Å². The molecule has 154 valence electrons.